The zero-order valence-corrected chi connectivity index (χ0v) is 6.64. The molecule has 1 nitrogen and oxygen atoms in total. The fourth-order valence-electron chi connectivity index (χ4n) is 1.51. The van der Waals surface area contributed by atoms with Gasteiger partial charge in [-0.05, 0) is 24.6 Å². The summed E-state index contributed by atoms with van der Waals surface area (Å²) in [4.78, 5) is 0. The van der Waals surface area contributed by atoms with Crippen LogP contribution in [0, 0.1) is 5.41 Å². The van der Waals surface area contributed by atoms with Gasteiger partial charge in [0.25, 0.3) is 0 Å². The highest BCUT2D eigenvalue weighted by Gasteiger charge is 2.39. The molecule has 1 atom stereocenters. The molecule has 1 heteroatoms. The Labute approximate surface area is 61.4 Å². The van der Waals surface area contributed by atoms with E-state index in [0.29, 0.717) is 6.10 Å². The first-order valence-electron chi connectivity index (χ1n) is 3.68. The summed E-state index contributed by atoms with van der Waals surface area (Å²) in [6.45, 7) is 6.50. The second-order valence-corrected chi connectivity index (χ2v) is 3.72. The molecule has 2 rings (SSSR count). The maximum Gasteiger partial charge on any atom is 0.126 e. The van der Waals surface area contributed by atoms with Gasteiger partial charge in [0.2, 0.25) is 0 Å². The molecule has 1 unspecified atom stereocenters. The Morgan fingerprint density at radius 1 is 1.50 bits per heavy atom. The molecule has 2 bridgehead atoms. The van der Waals surface area contributed by atoms with Crippen molar-refractivity contribution in [3.63, 3.8) is 0 Å². The number of fused-ring (bicyclic) bond motifs is 2. The normalized spacial score (nSPS) is 33.3. The zero-order valence-electron chi connectivity index (χ0n) is 6.64. The number of ether oxygens (including phenoxy) is 1. The van der Waals surface area contributed by atoms with E-state index >= 15 is 0 Å². The highest BCUT2D eigenvalue weighted by Crippen LogP contribution is 2.43. The summed E-state index contributed by atoms with van der Waals surface area (Å²) in [5.74, 6) is 1.09. The van der Waals surface area contributed by atoms with Gasteiger partial charge in [0.1, 0.15) is 11.9 Å². The van der Waals surface area contributed by atoms with Crippen LogP contribution in [0.4, 0.5) is 0 Å². The van der Waals surface area contributed by atoms with Crippen LogP contribution in [-0.2, 0) is 4.74 Å². The van der Waals surface area contributed by atoms with Gasteiger partial charge in [-0.15, -0.1) is 0 Å². The fourth-order valence-corrected chi connectivity index (χ4v) is 1.51. The molecule has 0 saturated carbocycles. The van der Waals surface area contributed by atoms with Gasteiger partial charge in [0.05, 0.1) is 0 Å². The predicted molar refractivity (Wildman–Crippen MR) is 40.5 cm³/mol. The van der Waals surface area contributed by atoms with E-state index < -0.39 is 0 Å². The molecule has 0 aromatic carbocycles. The highest BCUT2D eigenvalue weighted by atomic mass is 16.5. The van der Waals surface area contributed by atoms with Crippen molar-refractivity contribution in [3.8, 4) is 0 Å². The van der Waals surface area contributed by atoms with E-state index in [2.05, 4.69) is 32.9 Å². The molecule has 0 radical (unpaired) electrons. The smallest absolute Gasteiger partial charge is 0.126 e. The van der Waals surface area contributed by atoms with Crippen molar-refractivity contribution in [2.24, 2.45) is 5.41 Å². The minimum atomic E-state index is 0.231. The standard InChI is InChI=1S/C9H12O/c1-6-4-8-9(2,3)5-7(6)10-8/h4-5,8H,1-3H3. The number of rotatable bonds is 0. The van der Waals surface area contributed by atoms with Crippen LogP contribution in [0.25, 0.3) is 0 Å². The largest absolute Gasteiger partial charge is 0.485 e. The quantitative estimate of drug-likeness (QED) is 0.496. The van der Waals surface area contributed by atoms with Gasteiger partial charge < -0.3 is 4.74 Å². The summed E-state index contributed by atoms with van der Waals surface area (Å²) in [6.07, 6.45) is 4.73. The Bertz CT molecular complexity index is 233. The van der Waals surface area contributed by atoms with E-state index in [4.69, 9.17) is 4.74 Å². The van der Waals surface area contributed by atoms with Crippen LogP contribution >= 0.6 is 0 Å². The van der Waals surface area contributed by atoms with Gasteiger partial charge in [-0.1, -0.05) is 13.8 Å². The maximum absolute atomic E-state index is 5.57. The van der Waals surface area contributed by atoms with Gasteiger partial charge in [0, 0.05) is 5.41 Å². The van der Waals surface area contributed by atoms with Crippen LogP contribution in [0.5, 0.6) is 0 Å². The van der Waals surface area contributed by atoms with E-state index in [-0.39, 0.29) is 5.41 Å². The molecular weight excluding hydrogens is 124 g/mol. The van der Waals surface area contributed by atoms with Crippen LogP contribution in [0.15, 0.2) is 23.5 Å². The number of hydrogen-bond donors (Lipinski definition) is 0. The third-order valence-corrected chi connectivity index (χ3v) is 2.28. The third kappa shape index (κ3) is 0.578. The number of hydrogen-bond acceptors (Lipinski definition) is 1. The van der Waals surface area contributed by atoms with Crippen LogP contribution in [0.3, 0.4) is 0 Å². The van der Waals surface area contributed by atoms with Crippen LogP contribution in [-0.4, -0.2) is 6.10 Å². The first-order chi connectivity index (χ1) is 4.59. The molecule has 0 aromatic heterocycles. The fraction of sp³-hybridized carbons (Fsp3) is 0.556. The SMILES string of the molecule is CC1=CC2OC1=CC2(C)C. The summed E-state index contributed by atoms with van der Waals surface area (Å²) in [5, 5.41) is 0. The lowest BCUT2D eigenvalue weighted by Gasteiger charge is -2.20. The molecule has 0 aromatic rings. The molecule has 0 amide bonds. The summed E-state index contributed by atoms with van der Waals surface area (Å²) in [7, 11) is 0. The molecule has 0 fully saturated rings. The van der Waals surface area contributed by atoms with Gasteiger partial charge >= 0.3 is 0 Å². The summed E-state index contributed by atoms with van der Waals surface area (Å²) >= 11 is 0. The van der Waals surface area contributed by atoms with Crippen molar-refractivity contribution in [1.82, 2.24) is 0 Å². The van der Waals surface area contributed by atoms with Gasteiger partial charge in [0.15, 0.2) is 0 Å². The molecule has 2 aliphatic rings. The predicted octanol–water partition coefficient (Wildman–Crippen LogP) is 2.26. The molecule has 2 heterocycles. The van der Waals surface area contributed by atoms with Gasteiger partial charge in [-0.25, -0.2) is 0 Å². The minimum Gasteiger partial charge on any atom is -0.485 e. The van der Waals surface area contributed by atoms with Gasteiger partial charge in [-0.2, -0.15) is 0 Å². The van der Waals surface area contributed by atoms with Crippen molar-refractivity contribution >= 4 is 0 Å². The molecule has 54 valence electrons. The van der Waals surface area contributed by atoms with Crippen LogP contribution in [0.2, 0.25) is 0 Å². The minimum absolute atomic E-state index is 0.231. The molecule has 0 N–H and O–H groups in total. The van der Waals surface area contributed by atoms with E-state index in [1.807, 2.05) is 0 Å². The van der Waals surface area contributed by atoms with E-state index in [0.717, 1.165) is 5.76 Å². The summed E-state index contributed by atoms with van der Waals surface area (Å²) in [5.41, 5.74) is 1.53. The zero-order chi connectivity index (χ0) is 7.35. The van der Waals surface area contributed by atoms with E-state index in [1.165, 1.54) is 5.57 Å². The molecular formula is C9H12O. The summed E-state index contributed by atoms with van der Waals surface area (Å²) in [6, 6.07) is 0. The second kappa shape index (κ2) is 1.47. The molecule has 10 heavy (non-hydrogen) atoms. The average Bonchev–Trinajstić information content (AvgIpc) is 2.21. The third-order valence-electron chi connectivity index (χ3n) is 2.28. The van der Waals surface area contributed by atoms with Crippen molar-refractivity contribution < 1.29 is 4.74 Å². The van der Waals surface area contributed by atoms with Crippen molar-refractivity contribution in [1.29, 1.82) is 0 Å². The highest BCUT2D eigenvalue weighted by molar-refractivity contribution is 5.38. The Morgan fingerprint density at radius 3 is 2.50 bits per heavy atom. The van der Waals surface area contributed by atoms with Gasteiger partial charge in [-0.3, -0.25) is 0 Å². The molecule has 0 spiro atoms. The lowest BCUT2D eigenvalue weighted by Crippen LogP contribution is -2.21. The molecule has 2 aliphatic heterocycles. The Morgan fingerprint density at radius 2 is 2.20 bits per heavy atom. The second-order valence-electron chi connectivity index (χ2n) is 3.72. The van der Waals surface area contributed by atoms with Crippen molar-refractivity contribution in [2.45, 2.75) is 26.9 Å². The number of allylic oxidation sites excluding steroid dienone is 1. The lowest BCUT2D eigenvalue weighted by atomic mass is 9.84. The van der Waals surface area contributed by atoms with Crippen LogP contribution in [0.1, 0.15) is 20.8 Å². The van der Waals surface area contributed by atoms with Crippen LogP contribution < -0.4 is 0 Å². The van der Waals surface area contributed by atoms with E-state index in [1.54, 1.807) is 0 Å². The topological polar surface area (TPSA) is 9.23 Å². The van der Waals surface area contributed by atoms with Crippen molar-refractivity contribution in [2.75, 3.05) is 0 Å². The maximum atomic E-state index is 5.57. The molecule has 0 saturated heterocycles. The summed E-state index contributed by atoms with van der Waals surface area (Å²) < 4.78 is 5.57. The Kier molecular flexibility index (Phi) is 0.885. The average molecular weight is 136 g/mol. The molecule has 0 aliphatic carbocycles. The Balaban J connectivity index is 2.42. The van der Waals surface area contributed by atoms with Crippen molar-refractivity contribution in [3.05, 3.63) is 23.5 Å². The van der Waals surface area contributed by atoms with E-state index in [9.17, 15) is 0 Å². The monoisotopic (exact) mass is 136 g/mol. The first-order valence-corrected chi connectivity index (χ1v) is 3.68. The first kappa shape index (κ1) is 6.02. The lowest BCUT2D eigenvalue weighted by molar-refractivity contribution is 0.138. The Hall–Kier alpha value is -0.720.